The van der Waals surface area contributed by atoms with Gasteiger partial charge in [-0.3, -0.25) is 4.79 Å². The van der Waals surface area contributed by atoms with Crippen molar-refractivity contribution in [3.63, 3.8) is 0 Å². The smallest absolute Gasteiger partial charge is 0.406 e. The molecular weight excluding hydrogens is 285 g/mol. The maximum atomic E-state index is 12.3. The van der Waals surface area contributed by atoms with Crippen LogP contribution in [0.25, 0.3) is 0 Å². The van der Waals surface area contributed by atoms with Gasteiger partial charge in [0.15, 0.2) is 0 Å². The van der Waals surface area contributed by atoms with E-state index in [4.69, 9.17) is 5.73 Å². The summed E-state index contributed by atoms with van der Waals surface area (Å²) < 4.78 is 40.0. The first-order chi connectivity index (χ1) is 9.74. The molecule has 0 saturated heterocycles. The Morgan fingerprint density at radius 3 is 2.29 bits per heavy atom. The van der Waals surface area contributed by atoms with Gasteiger partial charge in [-0.1, -0.05) is 0 Å². The Morgan fingerprint density at radius 1 is 1.29 bits per heavy atom. The molecule has 2 N–H and O–H groups in total. The van der Waals surface area contributed by atoms with E-state index in [2.05, 4.69) is 4.74 Å². The average Bonchev–Trinajstić information content (AvgIpc) is 2.37. The van der Waals surface area contributed by atoms with Crippen molar-refractivity contribution in [3.8, 4) is 5.75 Å². The van der Waals surface area contributed by atoms with E-state index in [0.717, 1.165) is 12.1 Å². The number of ether oxygens (including phenoxy) is 1. The van der Waals surface area contributed by atoms with E-state index in [-0.39, 0.29) is 17.7 Å². The minimum Gasteiger partial charge on any atom is -0.406 e. The normalized spacial score (nSPS) is 11.6. The molecule has 0 spiro atoms. The fourth-order valence-corrected chi connectivity index (χ4v) is 1.82. The van der Waals surface area contributed by atoms with Gasteiger partial charge in [-0.25, -0.2) is 0 Å². The molecule has 21 heavy (non-hydrogen) atoms. The monoisotopic (exact) mass is 304 g/mol. The summed E-state index contributed by atoms with van der Waals surface area (Å²) in [5, 5.41) is 0. The molecule has 0 aliphatic heterocycles. The predicted octanol–water partition coefficient (Wildman–Crippen LogP) is 2.78. The Kier molecular flexibility index (Phi) is 6.02. The van der Waals surface area contributed by atoms with Crippen molar-refractivity contribution >= 4 is 5.91 Å². The minimum atomic E-state index is -4.74. The van der Waals surface area contributed by atoms with Crippen molar-refractivity contribution in [2.45, 2.75) is 32.7 Å². The number of hydrogen-bond acceptors (Lipinski definition) is 3. The van der Waals surface area contributed by atoms with E-state index in [1.807, 2.05) is 13.8 Å². The molecular formula is C14H19F3N2O2. The summed E-state index contributed by atoms with van der Waals surface area (Å²) in [7, 11) is 0. The molecule has 0 aromatic heterocycles. The van der Waals surface area contributed by atoms with Crippen LogP contribution in [0.15, 0.2) is 24.3 Å². The fraction of sp³-hybridized carbons (Fsp3) is 0.500. The van der Waals surface area contributed by atoms with E-state index in [9.17, 15) is 18.0 Å². The molecule has 1 rings (SSSR count). The number of rotatable bonds is 6. The number of carbonyl (C=O) groups excluding carboxylic acids is 1. The van der Waals surface area contributed by atoms with Crippen LogP contribution < -0.4 is 10.5 Å². The molecule has 1 amide bonds. The molecule has 0 bridgehead atoms. The predicted molar refractivity (Wildman–Crippen MR) is 73.0 cm³/mol. The van der Waals surface area contributed by atoms with Crippen LogP contribution >= 0.6 is 0 Å². The molecule has 0 aliphatic rings. The number of nitrogens with two attached hydrogens (primary N) is 1. The third-order valence-corrected chi connectivity index (χ3v) is 2.82. The number of alkyl halides is 3. The van der Waals surface area contributed by atoms with E-state index < -0.39 is 6.36 Å². The van der Waals surface area contributed by atoms with Crippen LogP contribution in [0.3, 0.4) is 0 Å². The average molecular weight is 304 g/mol. The second kappa shape index (κ2) is 7.31. The number of carbonyl (C=O) groups is 1. The number of nitrogens with zero attached hydrogens (tertiary/aromatic N) is 1. The molecule has 0 saturated carbocycles. The van der Waals surface area contributed by atoms with Crippen LogP contribution in [0.1, 0.15) is 30.6 Å². The summed E-state index contributed by atoms with van der Waals surface area (Å²) in [5.74, 6) is -0.589. The van der Waals surface area contributed by atoms with E-state index >= 15 is 0 Å². The lowest BCUT2D eigenvalue weighted by molar-refractivity contribution is -0.274. The van der Waals surface area contributed by atoms with Gasteiger partial charge in [-0.15, -0.1) is 13.2 Å². The van der Waals surface area contributed by atoms with Gasteiger partial charge in [-0.2, -0.15) is 0 Å². The van der Waals surface area contributed by atoms with Crippen LogP contribution in [-0.2, 0) is 0 Å². The number of halogens is 3. The largest absolute Gasteiger partial charge is 0.573 e. The van der Waals surface area contributed by atoms with Crippen molar-refractivity contribution in [2.75, 3.05) is 13.1 Å². The molecule has 7 heteroatoms. The molecule has 1 aromatic rings. The van der Waals surface area contributed by atoms with E-state index in [0.29, 0.717) is 25.1 Å². The van der Waals surface area contributed by atoms with Gasteiger partial charge >= 0.3 is 6.36 Å². The van der Waals surface area contributed by atoms with Crippen molar-refractivity contribution < 1.29 is 22.7 Å². The lowest BCUT2D eigenvalue weighted by Crippen LogP contribution is -2.38. The van der Waals surface area contributed by atoms with Gasteiger partial charge in [0, 0.05) is 18.2 Å². The highest BCUT2D eigenvalue weighted by Gasteiger charge is 2.31. The minimum absolute atomic E-state index is 0.0184. The van der Waals surface area contributed by atoms with E-state index in [1.54, 1.807) is 4.90 Å². The lowest BCUT2D eigenvalue weighted by atomic mass is 10.1. The topological polar surface area (TPSA) is 55.6 Å². The second-order valence-electron chi connectivity index (χ2n) is 4.81. The van der Waals surface area contributed by atoms with E-state index in [1.165, 1.54) is 12.1 Å². The molecule has 4 nitrogen and oxygen atoms in total. The van der Waals surface area contributed by atoms with Gasteiger partial charge < -0.3 is 15.4 Å². The maximum Gasteiger partial charge on any atom is 0.573 e. The van der Waals surface area contributed by atoms with Gasteiger partial charge in [0.05, 0.1) is 0 Å². The van der Waals surface area contributed by atoms with Crippen LogP contribution in [0.5, 0.6) is 5.75 Å². The highest BCUT2D eigenvalue weighted by atomic mass is 19.4. The number of amides is 1. The number of benzene rings is 1. The first-order valence-electron chi connectivity index (χ1n) is 6.61. The second-order valence-corrected chi connectivity index (χ2v) is 4.81. The van der Waals surface area contributed by atoms with Crippen LogP contribution in [-0.4, -0.2) is 36.3 Å². The quantitative estimate of drug-likeness (QED) is 0.879. The molecule has 1 aromatic carbocycles. The third-order valence-electron chi connectivity index (χ3n) is 2.82. The molecule has 0 radical (unpaired) electrons. The first kappa shape index (κ1) is 17.3. The maximum absolute atomic E-state index is 12.3. The van der Waals surface area contributed by atoms with Crippen LogP contribution in [0.4, 0.5) is 13.2 Å². The third kappa shape index (κ3) is 5.63. The first-order valence-corrected chi connectivity index (χ1v) is 6.61. The summed E-state index contributed by atoms with van der Waals surface area (Å²) in [6, 6.07) is 4.88. The van der Waals surface area contributed by atoms with Crippen molar-refractivity contribution in [3.05, 3.63) is 29.8 Å². The highest BCUT2D eigenvalue weighted by Crippen LogP contribution is 2.23. The summed E-state index contributed by atoms with van der Waals surface area (Å²) in [5.41, 5.74) is 5.75. The summed E-state index contributed by atoms with van der Waals surface area (Å²) in [6.45, 7) is 4.72. The van der Waals surface area contributed by atoms with Crippen molar-refractivity contribution in [1.82, 2.24) is 4.90 Å². The summed E-state index contributed by atoms with van der Waals surface area (Å²) >= 11 is 0. The Balaban J connectivity index is 2.81. The molecule has 0 heterocycles. The summed E-state index contributed by atoms with van der Waals surface area (Å²) in [6.07, 6.45) is -4.07. The SMILES string of the molecule is CC(C)N(CCCN)C(=O)c1ccc(OC(F)(F)F)cc1. The molecule has 0 unspecified atom stereocenters. The Bertz CT molecular complexity index is 458. The molecule has 0 atom stereocenters. The standard InChI is InChI=1S/C14H19F3N2O2/c1-10(2)19(9-3-8-18)13(20)11-4-6-12(7-5-11)21-14(15,16)17/h4-7,10H,3,8-9,18H2,1-2H3. The summed E-state index contributed by atoms with van der Waals surface area (Å²) in [4.78, 5) is 13.9. The lowest BCUT2D eigenvalue weighted by Gasteiger charge is -2.26. The number of hydrogen-bond donors (Lipinski definition) is 1. The zero-order chi connectivity index (χ0) is 16.0. The zero-order valence-electron chi connectivity index (χ0n) is 12.0. The van der Waals surface area contributed by atoms with Gasteiger partial charge in [-0.05, 0) is 51.1 Å². The van der Waals surface area contributed by atoms with Gasteiger partial charge in [0.25, 0.3) is 5.91 Å². The molecule has 0 fully saturated rings. The van der Waals surface area contributed by atoms with Crippen LogP contribution in [0.2, 0.25) is 0 Å². The Labute approximate surface area is 121 Å². The van der Waals surface area contributed by atoms with Crippen molar-refractivity contribution in [2.24, 2.45) is 5.73 Å². The Hall–Kier alpha value is -1.76. The molecule has 118 valence electrons. The molecule has 0 aliphatic carbocycles. The highest BCUT2D eigenvalue weighted by molar-refractivity contribution is 5.94. The van der Waals surface area contributed by atoms with Crippen molar-refractivity contribution in [1.29, 1.82) is 0 Å². The Morgan fingerprint density at radius 2 is 1.86 bits per heavy atom. The van der Waals surface area contributed by atoms with Crippen LogP contribution in [0, 0.1) is 0 Å². The van der Waals surface area contributed by atoms with Gasteiger partial charge in [0.2, 0.25) is 0 Å². The van der Waals surface area contributed by atoms with Gasteiger partial charge in [0.1, 0.15) is 5.75 Å². The zero-order valence-corrected chi connectivity index (χ0v) is 12.0. The fourth-order valence-electron chi connectivity index (χ4n) is 1.82.